The van der Waals surface area contributed by atoms with E-state index in [9.17, 15) is 9.18 Å². The van der Waals surface area contributed by atoms with E-state index >= 15 is 0 Å². The van der Waals surface area contributed by atoms with Gasteiger partial charge in [-0.25, -0.2) is 4.39 Å². The smallest absolute Gasteiger partial charge is 0.230 e. The van der Waals surface area contributed by atoms with Crippen LogP contribution in [0, 0.1) is 5.82 Å². The Labute approximate surface area is 154 Å². The number of hydrogen-bond acceptors (Lipinski definition) is 5. The normalized spacial score (nSPS) is 10.7. The van der Waals surface area contributed by atoms with Crippen molar-refractivity contribution in [1.82, 2.24) is 20.1 Å². The Hall–Kier alpha value is -2.87. The number of furan rings is 1. The van der Waals surface area contributed by atoms with Crippen LogP contribution in [0.3, 0.4) is 0 Å². The van der Waals surface area contributed by atoms with Crippen LogP contribution in [-0.2, 0) is 17.9 Å². The van der Waals surface area contributed by atoms with E-state index in [2.05, 4.69) is 22.1 Å². The van der Waals surface area contributed by atoms with Gasteiger partial charge in [0.15, 0.2) is 11.0 Å². The molecular formula is C18H17FN4O2S. The number of carbonyl (C=O) groups excluding carboxylic acids is 1. The lowest BCUT2D eigenvalue weighted by atomic mass is 10.2. The first-order chi connectivity index (χ1) is 12.7. The van der Waals surface area contributed by atoms with E-state index in [1.54, 1.807) is 47.2 Å². The fourth-order valence-corrected chi connectivity index (χ4v) is 3.09. The summed E-state index contributed by atoms with van der Waals surface area (Å²) in [6.07, 6.45) is 3.23. The zero-order valence-electron chi connectivity index (χ0n) is 13.9. The van der Waals surface area contributed by atoms with Gasteiger partial charge in [0.05, 0.1) is 24.1 Å². The molecule has 6 nitrogen and oxygen atoms in total. The number of amides is 1. The Morgan fingerprint density at radius 2 is 2.15 bits per heavy atom. The number of halogens is 1. The first-order valence-electron chi connectivity index (χ1n) is 7.90. The third-order valence-corrected chi connectivity index (χ3v) is 4.48. The van der Waals surface area contributed by atoms with Crippen LogP contribution in [0.5, 0.6) is 0 Å². The predicted molar refractivity (Wildman–Crippen MR) is 96.9 cm³/mol. The third kappa shape index (κ3) is 4.20. The molecule has 1 aromatic carbocycles. The van der Waals surface area contributed by atoms with Crippen molar-refractivity contribution in [3.8, 4) is 11.4 Å². The number of benzene rings is 1. The fourth-order valence-electron chi connectivity index (χ4n) is 2.31. The number of nitrogens with one attached hydrogen (secondary N) is 1. The van der Waals surface area contributed by atoms with Gasteiger partial charge in [-0.1, -0.05) is 30.0 Å². The largest absolute Gasteiger partial charge is 0.467 e. The number of hydrogen-bond donors (Lipinski definition) is 1. The second kappa shape index (κ2) is 8.48. The van der Waals surface area contributed by atoms with E-state index in [4.69, 9.17) is 4.42 Å². The maximum atomic E-state index is 14.1. The van der Waals surface area contributed by atoms with Gasteiger partial charge in [-0.15, -0.1) is 16.8 Å². The molecule has 0 unspecified atom stereocenters. The van der Waals surface area contributed by atoms with Gasteiger partial charge in [0.1, 0.15) is 11.6 Å². The summed E-state index contributed by atoms with van der Waals surface area (Å²) in [5.41, 5.74) is 0.357. The summed E-state index contributed by atoms with van der Waals surface area (Å²) >= 11 is 1.23. The Kier molecular flexibility index (Phi) is 5.85. The predicted octanol–water partition coefficient (Wildman–Crippen LogP) is 3.27. The molecule has 0 saturated heterocycles. The molecule has 3 rings (SSSR count). The number of nitrogens with zero attached hydrogens (tertiary/aromatic N) is 3. The third-order valence-electron chi connectivity index (χ3n) is 3.52. The lowest BCUT2D eigenvalue weighted by molar-refractivity contribution is -0.118. The Bertz CT molecular complexity index is 892. The van der Waals surface area contributed by atoms with E-state index in [0.717, 1.165) is 0 Å². The molecule has 1 N–H and O–H groups in total. The topological polar surface area (TPSA) is 73.0 Å². The van der Waals surface area contributed by atoms with Crippen LogP contribution in [0.4, 0.5) is 4.39 Å². The van der Waals surface area contributed by atoms with Gasteiger partial charge in [-0.05, 0) is 24.3 Å². The number of thioether (sulfide) groups is 1. The van der Waals surface area contributed by atoms with Gasteiger partial charge in [0.25, 0.3) is 0 Å². The minimum Gasteiger partial charge on any atom is -0.467 e. The molecule has 26 heavy (non-hydrogen) atoms. The Morgan fingerprint density at radius 3 is 2.88 bits per heavy atom. The second-order valence-electron chi connectivity index (χ2n) is 5.33. The van der Waals surface area contributed by atoms with Crippen LogP contribution < -0.4 is 5.32 Å². The Balaban J connectivity index is 1.69. The maximum Gasteiger partial charge on any atom is 0.230 e. The molecule has 3 aromatic rings. The van der Waals surface area contributed by atoms with Crippen LogP contribution in [0.1, 0.15) is 5.76 Å². The molecule has 0 saturated carbocycles. The quantitative estimate of drug-likeness (QED) is 0.485. The van der Waals surface area contributed by atoms with Gasteiger partial charge < -0.3 is 9.73 Å². The molecule has 0 spiro atoms. The first kappa shape index (κ1) is 17.9. The van der Waals surface area contributed by atoms with E-state index in [-0.39, 0.29) is 17.5 Å². The highest BCUT2D eigenvalue weighted by molar-refractivity contribution is 7.99. The summed E-state index contributed by atoms with van der Waals surface area (Å²) in [6, 6.07) is 9.92. The highest BCUT2D eigenvalue weighted by Gasteiger charge is 2.17. The first-order valence-corrected chi connectivity index (χ1v) is 8.88. The fraction of sp³-hybridized carbons (Fsp3) is 0.167. The number of allylic oxidation sites excluding steroid dienone is 1. The van der Waals surface area contributed by atoms with Crippen LogP contribution in [0.2, 0.25) is 0 Å². The van der Waals surface area contributed by atoms with Crippen molar-refractivity contribution in [3.63, 3.8) is 0 Å². The average Bonchev–Trinajstić information content (AvgIpc) is 3.29. The monoisotopic (exact) mass is 372 g/mol. The van der Waals surface area contributed by atoms with Gasteiger partial charge in [-0.2, -0.15) is 0 Å². The van der Waals surface area contributed by atoms with Gasteiger partial charge in [-0.3, -0.25) is 9.36 Å². The van der Waals surface area contributed by atoms with Gasteiger partial charge in [0.2, 0.25) is 5.91 Å². The zero-order valence-corrected chi connectivity index (χ0v) is 14.7. The molecule has 2 aromatic heterocycles. The van der Waals surface area contributed by atoms with Gasteiger partial charge >= 0.3 is 0 Å². The van der Waals surface area contributed by atoms with Crippen molar-refractivity contribution < 1.29 is 13.6 Å². The molecule has 0 aliphatic rings. The summed E-state index contributed by atoms with van der Waals surface area (Å²) in [5, 5.41) is 11.5. The summed E-state index contributed by atoms with van der Waals surface area (Å²) in [6.45, 7) is 4.45. The zero-order chi connectivity index (χ0) is 18.4. The molecule has 0 aliphatic carbocycles. The van der Waals surface area contributed by atoms with E-state index in [0.29, 0.717) is 35.4 Å². The van der Waals surface area contributed by atoms with Crippen molar-refractivity contribution >= 4 is 17.7 Å². The number of carbonyl (C=O) groups is 1. The molecule has 2 heterocycles. The molecule has 0 fully saturated rings. The molecular weight excluding hydrogens is 355 g/mol. The molecule has 0 bridgehead atoms. The molecule has 134 valence electrons. The van der Waals surface area contributed by atoms with Crippen LogP contribution in [-0.4, -0.2) is 26.4 Å². The Morgan fingerprint density at radius 1 is 1.31 bits per heavy atom. The molecule has 1 amide bonds. The number of rotatable bonds is 8. The van der Waals surface area contributed by atoms with Crippen molar-refractivity contribution in [2.75, 3.05) is 5.75 Å². The summed E-state index contributed by atoms with van der Waals surface area (Å²) in [5.74, 6) is 0.708. The standard InChI is InChI=1S/C18H17FN4O2S/c1-2-9-23-17(14-7-3-4-8-15(14)19)21-22-18(23)26-12-16(24)20-11-13-6-5-10-25-13/h2-8,10H,1,9,11-12H2,(H,20,24). The highest BCUT2D eigenvalue weighted by atomic mass is 32.2. The highest BCUT2D eigenvalue weighted by Crippen LogP contribution is 2.25. The second-order valence-corrected chi connectivity index (χ2v) is 6.27. The van der Waals surface area contributed by atoms with Crippen molar-refractivity contribution in [2.45, 2.75) is 18.2 Å². The molecule has 0 aliphatic heterocycles. The SMILES string of the molecule is C=CCn1c(SCC(=O)NCc2ccco2)nnc1-c1ccccc1F. The van der Waals surface area contributed by atoms with E-state index < -0.39 is 0 Å². The lowest BCUT2D eigenvalue weighted by Gasteiger charge is -2.08. The van der Waals surface area contributed by atoms with Crippen LogP contribution >= 0.6 is 11.8 Å². The molecule has 8 heteroatoms. The summed E-state index contributed by atoms with van der Waals surface area (Å²) in [4.78, 5) is 12.0. The van der Waals surface area contributed by atoms with Crippen molar-refractivity contribution in [3.05, 3.63) is 66.9 Å². The summed E-state index contributed by atoms with van der Waals surface area (Å²) < 4.78 is 21.0. The van der Waals surface area contributed by atoms with Crippen molar-refractivity contribution in [2.24, 2.45) is 0 Å². The molecule has 0 radical (unpaired) electrons. The lowest BCUT2D eigenvalue weighted by Crippen LogP contribution is -2.24. The van der Waals surface area contributed by atoms with Crippen LogP contribution in [0.25, 0.3) is 11.4 Å². The minimum atomic E-state index is -0.377. The van der Waals surface area contributed by atoms with Crippen molar-refractivity contribution in [1.29, 1.82) is 0 Å². The molecule has 0 atom stereocenters. The maximum absolute atomic E-state index is 14.1. The minimum absolute atomic E-state index is 0.160. The average molecular weight is 372 g/mol. The number of aromatic nitrogens is 3. The van der Waals surface area contributed by atoms with E-state index in [1.807, 2.05) is 0 Å². The van der Waals surface area contributed by atoms with Gasteiger partial charge in [0, 0.05) is 6.54 Å². The van der Waals surface area contributed by atoms with Crippen LogP contribution in [0.15, 0.2) is 64.9 Å². The van der Waals surface area contributed by atoms with E-state index in [1.165, 1.54) is 17.8 Å². The summed E-state index contributed by atoms with van der Waals surface area (Å²) in [7, 11) is 0.